The van der Waals surface area contributed by atoms with Crippen molar-refractivity contribution >= 4 is 0 Å². The summed E-state index contributed by atoms with van der Waals surface area (Å²) in [5.74, 6) is 0. The SMILES string of the molecule is CN[C@@H](CO)c1ccc(C(F)(F)F)cc1. The second-order valence-corrected chi connectivity index (χ2v) is 3.14. The van der Waals surface area contributed by atoms with Crippen LogP contribution in [0.2, 0.25) is 0 Å². The lowest BCUT2D eigenvalue weighted by atomic mass is 10.1. The highest BCUT2D eigenvalue weighted by molar-refractivity contribution is 5.26. The molecule has 0 radical (unpaired) electrons. The maximum Gasteiger partial charge on any atom is 0.416 e. The first-order valence-corrected chi connectivity index (χ1v) is 4.44. The summed E-state index contributed by atoms with van der Waals surface area (Å²) in [5, 5.41) is 11.7. The molecule has 1 aromatic rings. The van der Waals surface area contributed by atoms with E-state index < -0.39 is 11.7 Å². The maximum atomic E-state index is 12.2. The van der Waals surface area contributed by atoms with Crippen LogP contribution < -0.4 is 5.32 Å². The summed E-state index contributed by atoms with van der Waals surface area (Å²) in [6.45, 7) is -0.151. The second kappa shape index (κ2) is 4.63. The Bertz CT molecular complexity index is 303. The van der Waals surface area contributed by atoms with Crippen molar-refractivity contribution in [2.75, 3.05) is 13.7 Å². The third kappa shape index (κ3) is 2.94. The number of benzene rings is 1. The van der Waals surface area contributed by atoms with Crippen LogP contribution in [0.25, 0.3) is 0 Å². The third-order valence-electron chi connectivity index (χ3n) is 2.17. The molecule has 0 heterocycles. The van der Waals surface area contributed by atoms with Gasteiger partial charge in [-0.1, -0.05) is 12.1 Å². The predicted molar refractivity (Wildman–Crippen MR) is 50.3 cm³/mol. The molecule has 84 valence electrons. The van der Waals surface area contributed by atoms with Gasteiger partial charge < -0.3 is 10.4 Å². The van der Waals surface area contributed by atoms with Crippen molar-refractivity contribution in [1.82, 2.24) is 5.32 Å². The van der Waals surface area contributed by atoms with Crippen LogP contribution in [0, 0.1) is 0 Å². The number of rotatable bonds is 3. The van der Waals surface area contributed by atoms with Crippen molar-refractivity contribution in [2.24, 2.45) is 0 Å². The molecule has 0 unspecified atom stereocenters. The summed E-state index contributed by atoms with van der Waals surface area (Å²) in [5.41, 5.74) is -0.0490. The fraction of sp³-hybridized carbons (Fsp3) is 0.400. The van der Waals surface area contributed by atoms with Gasteiger partial charge in [-0.3, -0.25) is 0 Å². The number of likely N-dealkylation sites (N-methyl/N-ethyl adjacent to an activating group) is 1. The first-order chi connectivity index (χ1) is 6.99. The molecule has 0 spiro atoms. The summed E-state index contributed by atoms with van der Waals surface area (Å²) < 4.78 is 36.7. The molecule has 0 aliphatic carbocycles. The van der Waals surface area contributed by atoms with Crippen LogP contribution in [0.1, 0.15) is 17.2 Å². The molecule has 0 aliphatic heterocycles. The van der Waals surface area contributed by atoms with Crippen molar-refractivity contribution < 1.29 is 18.3 Å². The molecule has 15 heavy (non-hydrogen) atoms. The van der Waals surface area contributed by atoms with Gasteiger partial charge in [0.15, 0.2) is 0 Å². The number of aliphatic hydroxyl groups is 1. The Morgan fingerprint density at radius 1 is 1.27 bits per heavy atom. The number of hydrogen-bond acceptors (Lipinski definition) is 2. The van der Waals surface area contributed by atoms with E-state index in [2.05, 4.69) is 5.32 Å². The standard InChI is InChI=1S/C10H12F3NO/c1-14-9(6-15)7-2-4-8(5-3-7)10(11,12)13/h2-5,9,14-15H,6H2,1H3/t9-/m0/s1. The van der Waals surface area contributed by atoms with Gasteiger partial charge in [-0.2, -0.15) is 13.2 Å². The largest absolute Gasteiger partial charge is 0.416 e. The molecule has 5 heteroatoms. The summed E-state index contributed by atoms with van der Waals surface area (Å²) in [6, 6.07) is 4.41. The Hall–Kier alpha value is -1.07. The molecule has 2 N–H and O–H groups in total. The molecule has 1 atom stereocenters. The zero-order chi connectivity index (χ0) is 11.5. The molecular weight excluding hydrogens is 207 g/mol. The fourth-order valence-corrected chi connectivity index (χ4v) is 1.27. The first kappa shape index (κ1) is 12.0. The third-order valence-corrected chi connectivity index (χ3v) is 2.17. The Labute approximate surface area is 85.7 Å². The molecule has 0 fully saturated rings. The normalized spacial score (nSPS) is 13.9. The van der Waals surface area contributed by atoms with E-state index in [9.17, 15) is 13.2 Å². The van der Waals surface area contributed by atoms with Crippen molar-refractivity contribution in [3.05, 3.63) is 35.4 Å². The fourth-order valence-electron chi connectivity index (χ4n) is 1.27. The minimum Gasteiger partial charge on any atom is -0.394 e. The maximum absolute atomic E-state index is 12.2. The highest BCUT2D eigenvalue weighted by atomic mass is 19.4. The van der Waals surface area contributed by atoms with Crippen LogP contribution in [0.5, 0.6) is 0 Å². The lowest BCUT2D eigenvalue weighted by molar-refractivity contribution is -0.137. The minimum absolute atomic E-state index is 0.151. The van der Waals surface area contributed by atoms with Crippen molar-refractivity contribution in [3.8, 4) is 0 Å². The van der Waals surface area contributed by atoms with E-state index in [4.69, 9.17) is 5.11 Å². The van der Waals surface area contributed by atoms with Crippen LogP contribution in [0.3, 0.4) is 0 Å². The van der Waals surface area contributed by atoms with Crippen LogP contribution in [-0.2, 0) is 6.18 Å². The van der Waals surface area contributed by atoms with E-state index in [0.29, 0.717) is 5.56 Å². The summed E-state index contributed by atoms with van der Waals surface area (Å²) in [6.07, 6.45) is -4.31. The van der Waals surface area contributed by atoms with Gasteiger partial charge >= 0.3 is 6.18 Å². The topological polar surface area (TPSA) is 32.3 Å². The van der Waals surface area contributed by atoms with Crippen molar-refractivity contribution in [2.45, 2.75) is 12.2 Å². The molecular formula is C10H12F3NO. The van der Waals surface area contributed by atoms with Gasteiger partial charge in [0.05, 0.1) is 18.2 Å². The lowest BCUT2D eigenvalue weighted by Crippen LogP contribution is -2.20. The average molecular weight is 219 g/mol. The van der Waals surface area contributed by atoms with E-state index in [1.165, 1.54) is 12.1 Å². The number of nitrogens with one attached hydrogen (secondary N) is 1. The zero-order valence-electron chi connectivity index (χ0n) is 8.17. The Kier molecular flexibility index (Phi) is 3.71. The average Bonchev–Trinajstić information content (AvgIpc) is 2.19. The van der Waals surface area contributed by atoms with E-state index in [0.717, 1.165) is 12.1 Å². The van der Waals surface area contributed by atoms with Gasteiger partial charge in [-0.05, 0) is 24.7 Å². The molecule has 0 amide bonds. The number of alkyl halides is 3. The van der Waals surface area contributed by atoms with Crippen LogP contribution >= 0.6 is 0 Å². The molecule has 0 saturated carbocycles. The molecule has 0 bridgehead atoms. The van der Waals surface area contributed by atoms with Gasteiger partial charge in [0, 0.05) is 0 Å². The minimum atomic E-state index is -4.31. The predicted octanol–water partition coefficient (Wildman–Crippen LogP) is 1.96. The number of halogens is 3. The van der Waals surface area contributed by atoms with Crippen LogP contribution in [0.15, 0.2) is 24.3 Å². The molecule has 1 aromatic carbocycles. The highest BCUT2D eigenvalue weighted by Crippen LogP contribution is 2.29. The smallest absolute Gasteiger partial charge is 0.394 e. The quantitative estimate of drug-likeness (QED) is 0.814. The molecule has 0 aliphatic rings. The van der Waals surface area contributed by atoms with Gasteiger partial charge in [0.1, 0.15) is 0 Å². The zero-order valence-corrected chi connectivity index (χ0v) is 8.17. The first-order valence-electron chi connectivity index (χ1n) is 4.44. The molecule has 0 aromatic heterocycles. The lowest BCUT2D eigenvalue weighted by Gasteiger charge is -2.14. The number of aliphatic hydroxyl groups excluding tert-OH is 1. The summed E-state index contributed by atoms with van der Waals surface area (Å²) in [4.78, 5) is 0. The summed E-state index contributed by atoms with van der Waals surface area (Å²) in [7, 11) is 1.64. The van der Waals surface area contributed by atoms with E-state index in [1.54, 1.807) is 7.05 Å². The monoisotopic (exact) mass is 219 g/mol. The second-order valence-electron chi connectivity index (χ2n) is 3.14. The Morgan fingerprint density at radius 2 is 1.80 bits per heavy atom. The Balaban J connectivity index is 2.89. The van der Waals surface area contributed by atoms with E-state index >= 15 is 0 Å². The molecule has 2 nitrogen and oxygen atoms in total. The van der Waals surface area contributed by atoms with Gasteiger partial charge in [-0.15, -0.1) is 0 Å². The van der Waals surface area contributed by atoms with Gasteiger partial charge in [0.2, 0.25) is 0 Å². The van der Waals surface area contributed by atoms with E-state index in [-0.39, 0.29) is 12.6 Å². The van der Waals surface area contributed by atoms with Crippen molar-refractivity contribution in [1.29, 1.82) is 0 Å². The van der Waals surface area contributed by atoms with E-state index in [1.807, 2.05) is 0 Å². The van der Waals surface area contributed by atoms with Gasteiger partial charge in [-0.25, -0.2) is 0 Å². The van der Waals surface area contributed by atoms with Crippen molar-refractivity contribution in [3.63, 3.8) is 0 Å². The highest BCUT2D eigenvalue weighted by Gasteiger charge is 2.30. The summed E-state index contributed by atoms with van der Waals surface area (Å²) >= 11 is 0. The molecule has 0 saturated heterocycles. The van der Waals surface area contributed by atoms with Crippen LogP contribution in [-0.4, -0.2) is 18.8 Å². The number of hydrogen-bond donors (Lipinski definition) is 2. The molecule has 1 rings (SSSR count). The van der Waals surface area contributed by atoms with Crippen LogP contribution in [0.4, 0.5) is 13.2 Å². The van der Waals surface area contributed by atoms with Gasteiger partial charge in [0.25, 0.3) is 0 Å². The Morgan fingerprint density at radius 3 is 2.13 bits per heavy atom.